The minimum atomic E-state index is 0.935. The van der Waals surface area contributed by atoms with E-state index < -0.39 is 0 Å². The Labute approximate surface area is 189 Å². The van der Waals surface area contributed by atoms with E-state index in [1.54, 1.807) is 0 Å². The summed E-state index contributed by atoms with van der Waals surface area (Å²) in [4.78, 5) is 8.65. The van der Waals surface area contributed by atoms with Crippen LogP contribution in [-0.2, 0) is 0 Å². The minimum absolute atomic E-state index is 0.935. The number of unbranched alkanes of at least 4 members (excludes halogenated alkanes) is 15. The number of nitrogens with zero attached hydrogens (tertiary/aromatic N) is 2. The van der Waals surface area contributed by atoms with Gasteiger partial charge in [0.1, 0.15) is 0 Å². The molecule has 0 aromatic carbocycles. The van der Waals surface area contributed by atoms with Gasteiger partial charge in [0.05, 0.1) is 6.42 Å². The first-order valence-corrected chi connectivity index (χ1v) is 13.8. The smallest absolute Gasteiger partial charge is 0.0968 e. The molecule has 30 heavy (non-hydrogen) atoms. The third-order valence-electron chi connectivity index (χ3n) is 6.71. The quantitative estimate of drug-likeness (QED) is 0.117. The summed E-state index contributed by atoms with van der Waals surface area (Å²) in [6.07, 6.45) is 35.8. The van der Waals surface area contributed by atoms with E-state index in [-0.39, 0.29) is 0 Å². The third kappa shape index (κ3) is 16.9. The highest BCUT2D eigenvalue weighted by Crippen LogP contribution is 2.26. The average molecular weight is 418 g/mol. The molecule has 0 saturated heterocycles. The lowest BCUT2D eigenvalue weighted by atomic mass is 9.89. The molecule has 0 amide bonds. The lowest BCUT2D eigenvalue weighted by Gasteiger charge is -2.16. The lowest BCUT2D eigenvalue weighted by Crippen LogP contribution is -2.02. The number of aliphatic imine (C=N–C) groups is 2. The van der Waals surface area contributed by atoms with E-state index in [0.29, 0.717) is 0 Å². The molecule has 0 fully saturated rings. The molecule has 174 valence electrons. The van der Waals surface area contributed by atoms with Crippen molar-refractivity contribution in [1.29, 1.82) is 0 Å². The zero-order chi connectivity index (χ0) is 21.5. The molecular weight excluding hydrogens is 364 g/mol. The van der Waals surface area contributed by atoms with Crippen molar-refractivity contribution in [2.45, 2.75) is 155 Å². The standard InChI is InChI=1S/C28H53N2/c1-3-5-7-9-10-11-12-13-14-15-16-17-19-22-27(21-18-8-6-4-2)23-20-24-28-29-25-26-30-28/h25-27H,3-24H2,1-2H3/q+1. The molecule has 1 aliphatic heterocycles. The van der Waals surface area contributed by atoms with Crippen LogP contribution in [0.5, 0.6) is 0 Å². The maximum Gasteiger partial charge on any atom is 0.240 e. The molecule has 1 aliphatic rings. The fourth-order valence-corrected chi connectivity index (χ4v) is 4.69. The van der Waals surface area contributed by atoms with Crippen molar-refractivity contribution in [3.8, 4) is 0 Å². The number of hydrogen-bond donors (Lipinski definition) is 0. The van der Waals surface area contributed by atoms with Gasteiger partial charge in [-0.05, 0) is 18.8 Å². The topological polar surface area (TPSA) is 24.7 Å². The molecule has 2 nitrogen and oxygen atoms in total. The second-order valence-electron chi connectivity index (χ2n) is 9.61. The lowest BCUT2D eigenvalue weighted by molar-refractivity contribution is 0.370. The first-order chi connectivity index (χ1) is 14.9. The predicted octanol–water partition coefficient (Wildman–Crippen LogP) is 9.87. The Morgan fingerprint density at radius 1 is 0.500 bits per heavy atom. The molecular formula is C28H53N2+. The average Bonchev–Trinajstić information content (AvgIpc) is 3.27. The van der Waals surface area contributed by atoms with Crippen molar-refractivity contribution in [1.82, 2.24) is 0 Å². The molecule has 0 N–H and O–H groups in total. The maximum atomic E-state index is 4.33. The largest absolute Gasteiger partial charge is 0.240 e. The van der Waals surface area contributed by atoms with Gasteiger partial charge in [-0.2, -0.15) is 0 Å². The first-order valence-electron chi connectivity index (χ1n) is 13.8. The van der Waals surface area contributed by atoms with Gasteiger partial charge in [-0.25, -0.2) is 0 Å². The van der Waals surface area contributed by atoms with E-state index in [9.17, 15) is 0 Å². The van der Waals surface area contributed by atoms with Gasteiger partial charge < -0.3 is 0 Å². The molecule has 0 aromatic heterocycles. The Morgan fingerprint density at radius 2 is 0.867 bits per heavy atom. The second-order valence-corrected chi connectivity index (χ2v) is 9.61. The summed E-state index contributed by atoms with van der Waals surface area (Å²) >= 11 is 0. The zero-order valence-corrected chi connectivity index (χ0v) is 20.7. The molecule has 0 aliphatic carbocycles. The zero-order valence-electron chi connectivity index (χ0n) is 20.7. The number of hydrogen-bond acceptors (Lipinski definition) is 2. The van der Waals surface area contributed by atoms with Gasteiger partial charge in [0.25, 0.3) is 0 Å². The van der Waals surface area contributed by atoms with Crippen molar-refractivity contribution >= 4 is 12.4 Å². The summed E-state index contributed by atoms with van der Waals surface area (Å²) in [6, 6.07) is 0. The molecule has 0 radical (unpaired) electrons. The second kappa shape index (κ2) is 21.4. The van der Waals surface area contributed by atoms with Crippen LogP contribution < -0.4 is 0 Å². The van der Waals surface area contributed by atoms with E-state index in [1.165, 1.54) is 135 Å². The monoisotopic (exact) mass is 417 g/mol. The third-order valence-corrected chi connectivity index (χ3v) is 6.71. The van der Waals surface area contributed by atoms with E-state index in [2.05, 4.69) is 23.8 Å². The van der Waals surface area contributed by atoms with Gasteiger partial charge in [0, 0.05) is 0 Å². The Balaban J connectivity index is 1.98. The van der Waals surface area contributed by atoms with E-state index in [0.717, 1.165) is 18.5 Å². The molecule has 1 rings (SSSR count). The molecule has 0 aromatic rings. The van der Waals surface area contributed by atoms with Gasteiger partial charge in [-0.1, -0.05) is 146 Å². The molecule has 1 unspecified atom stereocenters. The van der Waals surface area contributed by atoms with Crippen LogP contribution in [0.4, 0.5) is 0 Å². The summed E-state index contributed by atoms with van der Waals surface area (Å²) in [7, 11) is 0. The summed E-state index contributed by atoms with van der Waals surface area (Å²) in [5, 5.41) is 0. The van der Waals surface area contributed by atoms with Crippen molar-refractivity contribution in [3.63, 3.8) is 0 Å². The molecule has 1 atom stereocenters. The highest BCUT2D eigenvalue weighted by molar-refractivity contribution is 6.18. The van der Waals surface area contributed by atoms with Crippen molar-refractivity contribution < 1.29 is 0 Å². The molecule has 1 heterocycles. The van der Waals surface area contributed by atoms with Crippen molar-refractivity contribution in [3.05, 3.63) is 6.17 Å². The van der Waals surface area contributed by atoms with Crippen LogP contribution in [0.1, 0.15) is 155 Å². The minimum Gasteiger partial charge on any atom is -0.0968 e. The molecule has 2 heteroatoms. The Kier molecular flexibility index (Phi) is 19.5. The van der Waals surface area contributed by atoms with Gasteiger partial charge in [0.2, 0.25) is 6.17 Å². The van der Waals surface area contributed by atoms with Crippen LogP contribution in [-0.4, -0.2) is 12.4 Å². The molecule has 0 bridgehead atoms. The SMILES string of the molecule is CCCCCCCCCCCCCCCC(CCCCCC)CCC[C+]1N=CC=N1. The van der Waals surface area contributed by atoms with Crippen LogP contribution in [0, 0.1) is 12.1 Å². The molecule has 0 saturated carbocycles. The van der Waals surface area contributed by atoms with Crippen molar-refractivity contribution in [2.75, 3.05) is 0 Å². The summed E-state index contributed by atoms with van der Waals surface area (Å²) in [6.45, 7) is 4.61. The molecule has 0 spiro atoms. The first kappa shape index (κ1) is 27.2. The van der Waals surface area contributed by atoms with Gasteiger partial charge in [-0.3, -0.25) is 0 Å². The Hall–Kier alpha value is -0.790. The summed E-state index contributed by atoms with van der Waals surface area (Å²) in [5.41, 5.74) is 0. The highest BCUT2D eigenvalue weighted by Gasteiger charge is 2.16. The summed E-state index contributed by atoms with van der Waals surface area (Å²) in [5.74, 6) is 0.935. The van der Waals surface area contributed by atoms with Crippen molar-refractivity contribution in [2.24, 2.45) is 15.9 Å². The van der Waals surface area contributed by atoms with Crippen LogP contribution in [0.25, 0.3) is 0 Å². The van der Waals surface area contributed by atoms with Crippen LogP contribution in [0.3, 0.4) is 0 Å². The van der Waals surface area contributed by atoms with Gasteiger partial charge in [0.15, 0.2) is 12.4 Å². The Morgan fingerprint density at radius 3 is 1.33 bits per heavy atom. The number of rotatable bonds is 23. The van der Waals surface area contributed by atoms with Crippen LogP contribution in [0.2, 0.25) is 0 Å². The van der Waals surface area contributed by atoms with Gasteiger partial charge in [-0.15, -0.1) is 0 Å². The fourth-order valence-electron chi connectivity index (χ4n) is 4.69. The van der Waals surface area contributed by atoms with E-state index in [1.807, 2.05) is 12.4 Å². The Bertz CT molecular complexity index is 389. The van der Waals surface area contributed by atoms with E-state index in [4.69, 9.17) is 0 Å². The van der Waals surface area contributed by atoms with E-state index >= 15 is 0 Å². The van der Waals surface area contributed by atoms with Crippen LogP contribution >= 0.6 is 0 Å². The predicted molar refractivity (Wildman–Crippen MR) is 137 cm³/mol. The summed E-state index contributed by atoms with van der Waals surface area (Å²) < 4.78 is 0. The fraction of sp³-hybridized carbons (Fsp3) is 0.893. The van der Waals surface area contributed by atoms with Crippen LogP contribution in [0.15, 0.2) is 9.98 Å². The highest BCUT2D eigenvalue weighted by atomic mass is 15.0. The normalized spacial score (nSPS) is 14.1. The maximum absolute atomic E-state index is 4.33. The van der Waals surface area contributed by atoms with Gasteiger partial charge >= 0.3 is 0 Å².